The number of carbonyl (C=O) groups excluding carboxylic acids is 1. The summed E-state index contributed by atoms with van der Waals surface area (Å²) >= 11 is 6.01. The van der Waals surface area contributed by atoms with E-state index < -0.39 is 0 Å². The molecule has 0 radical (unpaired) electrons. The van der Waals surface area contributed by atoms with Crippen LogP contribution in [0.25, 0.3) is 0 Å². The second-order valence-electron chi connectivity index (χ2n) is 4.13. The lowest BCUT2D eigenvalue weighted by Crippen LogP contribution is -2.11. The summed E-state index contributed by atoms with van der Waals surface area (Å²) in [6, 6.07) is 12.3. The van der Waals surface area contributed by atoms with Gasteiger partial charge in [0.15, 0.2) is 0 Å². The van der Waals surface area contributed by atoms with Gasteiger partial charge in [0.1, 0.15) is 5.75 Å². The predicted octanol–water partition coefficient (Wildman–Crippen LogP) is 3.64. The number of amides is 1. The predicted molar refractivity (Wildman–Crippen MR) is 81.9 cm³/mol. The Hall–Kier alpha value is -2.20. The third kappa shape index (κ3) is 3.22. The Kier molecular flexibility index (Phi) is 4.48. The summed E-state index contributed by atoms with van der Waals surface area (Å²) in [7, 11) is 3.37. The summed E-state index contributed by atoms with van der Waals surface area (Å²) in [5, 5.41) is 6.24. The maximum Gasteiger partial charge on any atom is 0.255 e. The number of hydrogen-bond donors (Lipinski definition) is 2. The van der Waals surface area contributed by atoms with Crippen molar-refractivity contribution in [2.24, 2.45) is 0 Å². The molecule has 0 spiro atoms. The summed E-state index contributed by atoms with van der Waals surface area (Å²) < 4.78 is 5.06. The van der Waals surface area contributed by atoms with E-state index in [0.717, 1.165) is 5.69 Å². The molecular weight excluding hydrogens is 276 g/mol. The summed E-state index contributed by atoms with van der Waals surface area (Å²) in [5.74, 6) is 0.386. The lowest BCUT2D eigenvalue weighted by atomic mass is 10.2. The van der Waals surface area contributed by atoms with Gasteiger partial charge in [-0.25, -0.2) is 0 Å². The highest BCUT2D eigenvalue weighted by molar-refractivity contribution is 6.32. The summed E-state index contributed by atoms with van der Waals surface area (Å²) in [6.45, 7) is 0. The van der Waals surface area contributed by atoms with Crippen molar-refractivity contribution in [2.75, 3.05) is 24.8 Å². The van der Waals surface area contributed by atoms with E-state index in [1.165, 1.54) is 0 Å². The van der Waals surface area contributed by atoms with Crippen molar-refractivity contribution in [3.05, 3.63) is 53.1 Å². The number of hydrogen-bond acceptors (Lipinski definition) is 3. The molecule has 104 valence electrons. The lowest BCUT2D eigenvalue weighted by molar-refractivity contribution is 0.102. The number of carbonyl (C=O) groups is 1. The smallest absolute Gasteiger partial charge is 0.255 e. The van der Waals surface area contributed by atoms with Gasteiger partial charge in [-0.3, -0.25) is 4.79 Å². The molecule has 0 atom stereocenters. The van der Waals surface area contributed by atoms with Crippen LogP contribution in [0, 0.1) is 0 Å². The minimum Gasteiger partial charge on any atom is -0.495 e. The molecule has 2 aromatic carbocycles. The van der Waals surface area contributed by atoms with E-state index >= 15 is 0 Å². The Bertz CT molecular complexity index is 612. The Morgan fingerprint density at radius 1 is 1.10 bits per heavy atom. The monoisotopic (exact) mass is 290 g/mol. The van der Waals surface area contributed by atoms with Crippen LogP contribution in [0.3, 0.4) is 0 Å². The van der Waals surface area contributed by atoms with Gasteiger partial charge in [-0.15, -0.1) is 0 Å². The molecule has 5 heteroatoms. The van der Waals surface area contributed by atoms with Crippen molar-refractivity contribution in [3.8, 4) is 5.75 Å². The maximum absolute atomic E-state index is 12.1. The van der Waals surface area contributed by atoms with E-state index in [1.54, 1.807) is 37.4 Å². The van der Waals surface area contributed by atoms with Gasteiger partial charge >= 0.3 is 0 Å². The molecule has 0 aliphatic heterocycles. The SMILES string of the molecule is CNc1ccc(C(=O)Nc2ccc(OC)c(Cl)c2)cc1. The molecule has 2 N–H and O–H groups in total. The molecule has 0 bridgehead atoms. The highest BCUT2D eigenvalue weighted by Crippen LogP contribution is 2.27. The zero-order valence-corrected chi connectivity index (χ0v) is 12.0. The zero-order chi connectivity index (χ0) is 14.5. The largest absolute Gasteiger partial charge is 0.495 e. The number of rotatable bonds is 4. The molecule has 2 rings (SSSR count). The third-order valence-electron chi connectivity index (χ3n) is 2.85. The molecular formula is C15H15ClN2O2. The maximum atomic E-state index is 12.1. The molecule has 0 aliphatic rings. The third-order valence-corrected chi connectivity index (χ3v) is 3.14. The molecule has 0 saturated carbocycles. The summed E-state index contributed by atoms with van der Waals surface area (Å²) in [4.78, 5) is 12.1. The van der Waals surface area contributed by atoms with Crippen molar-refractivity contribution in [1.29, 1.82) is 0 Å². The van der Waals surface area contributed by atoms with Gasteiger partial charge in [-0.2, -0.15) is 0 Å². The van der Waals surface area contributed by atoms with Crippen LogP contribution in [0.15, 0.2) is 42.5 Å². The molecule has 0 aromatic heterocycles. The fourth-order valence-electron chi connectivity index (χ4n) is 1.74. The molecule has 2 aromatic rings. The topological polar surface area (TPSA) is 50.4 Å². The van der Waals surface area contributed by atoms with Crippen LogP contribution in [0.4, 0.5) is 11.4 Å². The summed E-state index contributed by atoms with van der Waals surface area (Å²) in [6.07, 6.45) is 0. The van der Waals surface area contributed by atoms with Gasteiger partial charge in [-0.1, -0.05) is 11.6 Å². The molecule has 0 heterocycles. The van der Waals surface area contributed by atoms with Crippen molar-refractivity contribution < 1.29 is 9.53 Å². The lowest BCUT2D eigenvalue weighted by Gasteiger charge is -2.08. The van der Waals surface area contributed by atoms with Crippen LogP contribution >= 0.6 is 11.6 Å². The quantitative estimate of drug-likeness (QED) is 0.904. The van der Waals surface area contributed by atoms with Gasteiger partial charge in [0.05, 0.1) is 12.1 Å². The summed E-state index contributed by atoms with van der Waals surface area (Å²) in [5.41, 5.74) is 2.16. The van der Waals surface area contributed by atoms with Crippen molar-refractivity contribution in [1.82, 2.24) is 0 Å². The standard InChI is InChI=1S/C15H15ClN2O2/c1-17-11-5-3-10(4-6-11)15(19)18-12-7-8-14(20-2)13(16)9-12/h3-9,17H,1-2H3,(H,18,19). The highest BCUT2D eigenvalue weighted by Gasteiger charge is 2.08. The van der Waals surface area contributed by atoms with Gasteiger partial charge in [0.25, 0.3) is 5.91 Å². The van der Waals surface area contributed by atoms with Crippen LogP contribution in [0.5, 0.6) is 5.75 Å². The van der Waals surface area contributed by atoms with E-state index in [-0.39, 0.29) is 5.91 Å². The minimum atomic E-state index is -0.186. The van der Waals surface area contributed by atoms with E-state index in [2.05, 4.69) is 10.6 Å². The average Bonchev–Trinajstić information content (AvgIpc) is 2.47. The van der Waals surface area contributed by atoms with Crippen LogP contribution in [0.1, 0.15) is 10.4 Å². The highest BCUT2D eigenvalue weighted by atomic mass is 35.5. The van der Waals surface area contributed by atoms with Gasteiger partial charge in [-0.05, 0) is 42.5 Å². The number of methoxy groups -OCH3 is 1. The van der Waals surface area contributed by atoms with Crippen LogP contribution in [-0.4, -0.2) is 20.1 Å². The van der Waals surface area contributed by atoms with Crippen molar-refractivity contribution >= 4 is 28.9 Å². The van der Waals surface area contributed by atoms with Crippen molar-refractivity contribution in [3.63, 3.8) is 0 Å². The first-order valence-electron chi connectivity index (χ1n) is 6.06. The van der Waals surface area contributed by atoms with E-state index in [0.29, 0.717) is 22.0 Å². The van der Waals surface area contributed by atoms with Gasteiger partial charge < -0.3 is 15.4 Å². The van der Waals surface area contributed by atoms with Crippen molar-refractivity contribution in [2.45, 2.75) is 0 Å². The second kappa shape index (κ2) is 6.30. The Morgan fingerprint density at radius 3 is 2.30 bits per heavy atom. The fourth-order valence-corrected chi connectivity index (χ4v) is 1.99. The fraction of sp³-hybridized carbons (Fsp3) is 0.133. The molecule has 0 fully saturated rings. The van der Waals surface area contributed by atoms with Gasteiger partial charge in [0, 0.05) is 24.0 Å². The Morgan fingerprint density at radius 2 is 1.75 bits per heavy atom. The zero-order valence-electron chi connectivity index (χ0n) is 11.2. The van der Waals surface area contributed by atoms with Crippen LogP contribution < -0.4 is 15.4 Å². The number of ether oxygens (including phenoxy) is 1. The normalized spacial score (nSPS) is 9.95. The molecule has 20 heavy (non-hydrogen) atoms. The second-order valence-corrected chi connectivity index (χ2v) is 4.54. The Labute approximate surface area is 122 Å². The molecule has 4 nitrogen and oxygen atoms in total. The van der Waals surface area contributed by atoms with Gasteiger partial charge in [0.2, 0.25) is 0 Å². The average molecular weight is 291 g/mol. The first kappa shape index (κ1) is 14.2. The van der Waals surface area contributed by atoms with E-state index in [4.69, 9.17) is 16.3 Å². The molecule has 0 unspecified atom stereocenters. The molecule has 0 saturated heterocycles. The molecule has 1 amide bonds. The molecule has 0 aliphatic carbocycles. The first-order chi connectivity index (χ1) is 9.63. The van der Waals surface area contributed by atoms with E-state index in [1.807, 2.05) is 19.2 Å². The van der Waals surface area contributed by atoms with E-state index in [9.17, 15) is 4.79 Å². The first-order valence-corrected chi connectivity index (χ1v) is 6.44. The number of halogens is 1. The number of nitrogens with one attached hydrogen (secondary N) is 2. The van der Waals surface area contributed by atoms with Crippen LogP contribution in [0.2, 0.25) is 5.02 Å². The number of benzene rings is 2. The number of anilines is 2. The van der Waals surface area contributed by atoms with Crippen LogP contribution in [-0.2, 0) is 0 Å². The Balaban J connectivity index is 2.12. The minimum absolute atomic E-state index is 0.186.